The van der Waals surface area contributed by atoms with Crippen molar-refractivity contribution in [1.29, 1.82) is 0 Å². The van der Waals surface area contributed by atoms with Crippen LogP contribution in [0.15, 0.2) is 11.0 Å². The van der Waals surface area contributed by atoms with Crippen LogP contribution in [-0.2, 0) is 4.79 Å². The van der Waals surface area contributed by atoms with E-state index in [1.807, 2.05) is 34.6 Å². The first-order valence-electron chi connectivity index (χ1n) is 6.94. The minimum absolute atomic E-state index is 0.0541. The smallest absolute Gasteiger partial charge is 0.287 e. The van der Waals surface area contributed by atoms with Crippen molar-refractivity contribution in [2.45, 2.75) is 52.6 Å². The number of carbonyl (C=O) groups is 1. The van der Waals surface area contributed by atoms with Crippen molar-refractivity contribution in [2.24, 2.45) is 0 Å². The number of nitrogens with one attached hydrogen (secondary N) is 2. The number of nitrogens with zero attached hydrogens (tertiary/aromatic N) is 2. The first-order valence-corrected chi connectivity index (χ1v) is 7.32. The minimum atomic E-state index is -0.337. The van der Waals surface area contributed by atoms with Crippen LogP contribution in [0.5, 0.6) is 0 Å². The molecule has 0 atom stereocenters. The third kappa shape index (κ3) is 5.38. The van der Waals surface area contributed by atoms with Gasteiger partial charge in [-0.25, -0.2) is 4.68 Å². The van der Waals surface area contributed by atoms with E-state index in [4.69, 9.17) is 11.6 Å². The molecule has 2 N–H and O–H groups in total. The summed E-state index contributed by atoms with van der Waals surface area (Å²) >= 11 is 6.03. The summed E-state index contributed by atoms with van der Waals surface area (Å²) in [5.74, 6) is -0.0606. The molecule has 0 aromatic carbocycles. The molecule has 1 amide bonds. The molecule has 0 radical (unpaired) electrons. The molecule has 0 spiro atoms. The van der Waals surface area contributed by atoms with Gasteiger partial charge in [0.15, 0.2) is 0 Å². The maximum atomic E-state index is 12.0. The number of hydrogen-bond donors (Lipinski definition) is 2. The van der Waals surface area contributed by atoms with Crippen LogP contribution in [0.3, 0.4) is 0 Å². The molecule has 1 aromatic heterocycles. The van der Waals surface area contributed by atoms with Crippen molar-refractivity contribution < 1.29 is 4.79 Å². The second-order valence-corrected chi connectivity index (χ2v) is 6.57. The van der Waals surface area contributed by atoms with E-state index in [-0.39, 0.29) is 28.1 Å². The van der Waals surface area contributed by atoms with Crippen LogP contribution >= 0.6 is 11.6 Å². The zero-order valence-corrected chi connectivity index (χ0v) is 13.9. The van der Waals surface area contributed by atoms with Gasteiger partial charge in [-0.05, 0) is 34.6 Å². The Bertz CT molecular complexity index is 561. The fourth-order valence-corrected chi connectivity index (χ4v) is 1.93. The van der Waals surface area contributed by atoms with Gasteiger partial charge < -0.3 is 10.6 Å². The number of anilines is 1. The lowest BCUT2D eigenvalue weighted by molar-refractivity contribution is -0.122. The molecule has 0 aliphatic heterocycles. The molecule has 1 aromatic rings. The zero-order valence-electron chi connectivity index (χ0n) is 13.2. The van der Waals surface area contributed by atoms with E-state index in [1.165, 1.54) is 10.9 Å². The van der Waals surface area contributed by atoms with Crippen LogP contribution < -0.4 is 16.2 Å². The van der Waals surface area contributed by atoms with Crippen molar-refractivity contribution in [3.63, 3.8) is 0 Å². The highest BCUT2D eigenvalue weighted by Crippen LogP contribution is 2.16. The summed E-state index contributed by atoms with van der Waals surface area (Å²) in [6, 6.07) is -0.0541. The molecule has 0 bridgehead atoms. The van der Waals surface area contributed by atoms with E-state index in [1.54, 1.807) is 0 Å². The third-order valence-corrected chi connectivity index (χ3v) is 2.98. The molecule has 0 aliphatic carbocycles. The van der Waals surface area contributed by atoms with Gasteiger partial charge in [-0.15, -0.1) is 0 Å². The maximum absolute atomic E-state index is 12.0. The molecule has 0 fully saturated rings. The fourth-order valence-electron chi connectivity index (χ4n) is 1.73. The van der Waals surface area contributed by atoms with Crippen molar-refractivity contribution in [2.75, 3.05) is 11.9 Å². The predicted octanol–water partition coefficient (Wildman–Crippen LogP) is 2.19. The Kier molecular flexibility index (Phi) is 5.78. The van der Waals surface area contributed by atoms with Crippen LogP contribution in [0, 0.1) is 0 Å². The average Bonchev–Trinajstić information content (AvgIpc) is 2.31. The molecule has 0 saturated heterocycles. The molecule has 118 valence electrons. The van der Waals surface area contributed by atoms with Crippen LogP contribution in [0.25, 0.3) is 0 Å². The number of rotatable bonds is 5. The predicted molar refractivity (Wildman–Crippen MR) is 84.9 cm³/mol. The van der Waals surface area contributed by atoms with Crippen LogP contribution in [0.2, 0.25) is 5.02 Å². The summed E-state index contributed by atoms with van der Waals surface area (Å²) in [5, 5.41) is 9.97. The number of aromatic nitrogens is 2. The lowest BCUT2D eigenvalue weighted by atomic mass is 10.1. The van der Waals surface area contributed by atoms with E-state index in [0.717, 1.165) is 0 Å². The van der Waals surface area contributed by atoms with Gasteiger partial charge in [0, 0.05) is 18.5 Å². The highest BCUT2D eigenvalue weighted by atomic mass is 35.5. The second-order valence-electron chi connectivity index (χ2n) is 6.19. The highest BCUT2D eigenvalue weighted by Gasteiger charge is 2.14. The zero-order chi connectivity index (χ0) is 16.2. The second kappa shape index (κ2) is 6.93. The van der Waals surface area contributed by atoms with E-state index < -0.39 is 0 Å². The summed E-state index contributed by atoms with van der Waals surface area (Å²) in [7, 11) is 0. The van der Waals surface area contributed by atoms with Crippen molar-refractivity contribution in [3.05, 3.63) is 21.6 Å². The van der Waals surface area contributed by atoms with E-state index in [9.17, 15) is 9.59 Å². The Balaban J connectivity index is 2.63. The molecule has 0 saturated carbocycles. The number of amides is 1. The van der Waals surface area contributed by atoms with E-state index in [2.05, 4.69) is 15.7 Å². The Morgan fingerprint density at radius 3 is 2.57 bits per heavy atom. The van der Waals surface area contributed by atoms with Gasteiger partial charge in [-0.1, -0.05) is 11.6 Å². The van der Waals surface area contributed by atoms with Gasteiger partial charge in [0.2, 0.25) is 5.91 Å². The van der Waals surface area contributed by atoms with Crippen molar-refractivity contribution >= 4 is 23.2 Å². The number of halogens is 1. The van der Waals surface area contributed by atoms with Gasteiger partial charge in [-0.2, -0.15) is 5.10 Å². The lowest BCUT2D eigenvalue weighted by Crippen LogP contribution is -2.41. The Hall–Kier alpha value is -1.56. The van der Waals surface area contributed by atoms with Crippen molar-refractivity contribution in [3.8, 4) is 0 Å². The Morgan fingerprint density at radius 2 is 2.05 bits per heavy atom. The van der Waals surface area contributed by atoms with Crippen LogP contribution in [0.4, 0.5) is 5.69 Å². The SMILES string of the molecule is CC(C)n1ncc(NCCC(=O)NC(C)(C)C)c(Cl)c1=O. The third-order valence-electron chi connectivity index (χ3n) is 2.61. The number of hydrogen-bond acceptors (Lipinski definition) is 4. The van der Waals surface area contributed by atoms with Crippen LogP contribution in [0.1, 0.15) is 47.1 Å². The van der Waals surface area contributed by atoms with Gasteiger partial charge in [0.25, 0.3) is 5.56 Å². The average molecular weight is 315 g/mol. The quantitative estimate of drug-likeness (QED) is 0.873. The molecular formula is C14H23ClN4O2. The summed E-state index contributed by atoms with van der Waals surface area (Å²) in [5.41, 5.74) is -0.147. The summed E-state index contributed by atoms with van der Waals surface area (Å²) in [6.45, 7) is 9.86. The fraction of sp³-hybridized carbons (Fsp3) is 0.643. The Labute approximate surface area is 129 Å². The molecule has 21 heavy (non-hydrogen) atoms. The molecular weight excluding hydrogens is 292 g/mol. The summed E-state index contributed by atoms with van der Waals surface area (Å²) < 4.78 is 1.32. The molecule has 6 nitrogen and oxygen atoms in total. The molecule has 0 aliphatic rings. The van der Waals surface area contributed by atoms with Crippen molar-refractivity contribution in [1.82, 2.24) is 15.1 Å². The standard InChI is InChI=1S/C14H23ClN4O2/c1-9(2)19-13(21)12(15)10(8-17-19)16-7-6-11(20)18-14(3,4)5/h8-9,16H,6-7H2,1-5H3,(H,18,20). The first-order chi connectivity index (χ1) is 9.61. The van der Waals surface area contributed by atoms with Gasteiger partial charge >= 0.3 is 0 Å². The highest BCUT2D eigenvalue weighted by molar-refractivity contribution is 6.32. The summed E-state index contributed by atoms with van der Waals surface area (Å²) in [6.07, 6.45) is 1.80. The molecule has 0 unspecified atom stereocenters. The largest absolute Gasteiger partial charge is 0.382 e. The van der Waals surface area contributed by atoms with Gasteiger partial charge in [0.05, 0.1) is 17.9 Å². The van der Waals surface area contributed by atoms with E-state index >= 15 is 0 Å². The Morgan fingerprint density at radius 1 is 1.43 bits per heavy atom. The van der Waals surface area contributed by atoms with E-state index in [0.29, 0.717) is 18.7 Å². The summed E-state index contributed by atoms with van der Waals surface area (Å²) in [4.78, 5) is 23.6. The molecule has 1 rings (SSSR count). The number of carbonyl (C=O) groups excluding carboxylic acids is 1. The van der Waals surface area contributed by atoms with Gasteiger partial charge in [-0.3, -0.25) is 9.59 Å². The minimum Gasteiger partial charge on any atom is -0.382 e. The first kappa shape index (κ1) is 17.5. The maximum Gasteiger partial charge on any atom is 0.287 e. The monoisotopic (exact) mass is 314 g/mol. The normalized spacial score (nSPS) is 11.6. The lowest BCUT2D eigenvalue weighted by Gasteiger charge is -2.20. The topological polar surface area (TPSA) is 76.0 Å². The van der Waals surface area contributed by atoms with Gasteiger partial charge in [0.1, 0.15) is 5.02 Å². The molecule has 7 heteroatoms. The van der Waals surface area contributed by atoms with Crippen LogP contribution in [-0.4, -0.2) is 27.8 Å². The molecule has 1 heterocycles.